The summed E-state index contributed by atoms with van der Waals surface area (Å²) in [4.78, 5) is 0. The first-order valence-corrected chi connectivity index (χ1v) is 8.44. The van der Waals surface area contributed by atoms with Gasteiger partial charge in [0.05, 0.1) is 11.1 Å². The summed E-state index contributed by atoms with van der Waals surface area (Å²) in [7, 11) is 0. The van der Waals surface area contributed by atoms with Gasteiger partial charge in [0.1, 0.15) is 0 Å². The van der Waals surface area contributed by atoms with Crippen LogP contribution in [0.25, 0.3) is 0 Å². The van der Waals surface area contributed by atoms with Crippen LogP contribution in [0.1, 0.15) is 37.4 Å². The molecule has 0 fully saturated rings. The van der Waals surface area contributed by atoms with Crippen molar-refractivity contribution in [2.45, 2.75) is 32.7 Å². The number of benzene rings is 2. The third-order valence-corrected chi connectivity index (χ3v) is 5.65. The van der Waals surface area contributed by atoms with E-state index in [2.05, 4.69) is 65.4 Å². The fourth-order valence-corrected chi connectivity index (χ4v) is 3.52. The number of anilines is 1. The van der Waals surface area contributed by atoms with Crippen molar-refractivity contribution in [1.82, 2.24) is 0 Å². The number of aryl methyl sites for hydroxylation is 1. The summed E-state index contributed by atoms with van der Waals surface area (Å²) in [6.07, 6.45) is 2.34. The smallest absolute Gasteiger partial charge is 0.0568 e. The van der Waals surface area contributed by atoms with Crippen LogP contribution < -0.4 is 5.32 Å². The zero-order valence-corrected chi connectivity index (χ0v) is 14.6. The van der Waals surface area contributed by atoms with Gasteiger partial charge in [0.15, 0.2) is 0 Å². The van der Waals surface area contributed by atoms with Gasteiger partial charge < -0.3 is 5.32 Å². The van der Waals surface area contributed by atoms with Gasteiger partial charge in [0.25, 0.3) is 0 Å². The van der Waals surface area contributed by atoms with Crippen molar-refractivity contribution in [3.05, 3.63) is 63.1 Å². The second kappa shape index (κ2) is 5.66. The van der Waals surface area contributed by atoms with Gasteiger partial charge in [-0.2, -0.15) is 0 Å². The van der Waals surface area contributed by atoms with Gasteiger partial charge in [-0.1, -0.05) is 49.7 Å². The van der Waals surface area contributed by atoms with E-state index in [1.54, 1.807) is 0 Å². The second-order valence-electron chi connectivity index (χ2n) is 6.39. The van der Waals surface area contributed by atoms with Gasteiger partial charge in [-0.3, -0.25) is 0 Å². The van der Waals surface area contributed by atoms with Gasteiger partial charge in [0, 0.05) is 10.2 Å². The third kappa shape index (κ3) is 2.97. The molecule has 0 aromatic heterocycles. The average molecular weight is 365 g/mol. The maximum Gasteiger partial charge on any atom is 0.0568 e. The number of rotatable bonds is 2. The minimum absolute atomic E-state index is 0.216. The molecule has 0 spiro atoms. The fraction of sp³-hybridized carbons (Fsp3) is 0.333. The Morgan fingerprint density at radius 2 is 1.95 bits per heavy atom. The molecular formula is C18H19BrClN. The Kier molecular flexibility index (Phi) is 4.02. The highest BCUT2D eigenvalue weighted by Crippen LogP contribution is 2.45. The minimum Gasteiger partial charge on any atom is -0.378 e. The first-order valence-electron chi connectivity index (χ1n) is 7.27. The van der Waals surface area contributed by atoms with Crippen molar-refractivity contribution < 1.29 is 0 Å². The molecule has 0 bridgehead atoms. The summed E-state index contributed by atoms with van der Waals surface area (Å²) in [6, 6.07) is 15.1. The van der Waals surface area contributed by atoms with E-state index >= 15 is 0 Å². The van der Waals surface area contributed by atoms with Crippen LogP contribution in [0, 0.1) is 5.41 Å². The molecule has 0 saturated carbocycles. The topological polar surface area (TPSA) is 12.0 Å². The molecule has 3 heteroatoms. The zero-order chi connectivity index (χ0) is 15.0. The minimum atomic E-state index is 0.216. The lowest BCUT2D eigenvalue weighted by atomic mass is 9.70. The maximum absolute atomic E-state index is 6.22. The Bertz CT molecular complexity index is 666. The Morgan fingerprint density at radius 1 is 1.19 bits per heavy atom. The molecule has 3 rings (SSSR count). The van der Waals surface area contributed by atoms with Gasteiger partial charge >= 0.3 is 0 Å². The molecule has 0 radical (unpaired) electrons. The molecule has 1 unspecified atom stereocenters. The van der Waals surface area contributed by atoms with E-state index in [9.17, 15) is 0 Å². The maximum atomic E-state index is 6.22. The molecule has 0 amide bonds. The van der Waals surface area contributed by atoms with Crippen LogP contribution in [-0.2, 0) is 6.42 Å². The molecule has 1 aliphatic rings. The van der Waals surface area contributed by atoms with Crippen LogP contribution in [0.2, 0.25) is 5.02 Å². The van der Waals surface area contributed by atoms with Gasteiger partial charge in [-0.25, -0.2) is 0 Å². The number of nitrogens with one attached hydrogen (secondary N) is 1. The van der Waals surface area contributed by atoms with Crippen LogP contribution in [0.5, 0.6) is 0 Å². The van der Waals surface area contributed by atoms with Crippen LogP contribution >= 0.6 is 27.5 Å². The molecule has 110 valence electrons. The highest BCUT2D eigenvalue weighted by molar-refractivity contribution is 9.10. The van der Waals surface area contributed by atoms with Crippen LogP contribution in [0.4, 0.5) is 5.69 Å². The summed E-state index contributed by atoms with van der Waals surface area (Å²) >= 11 is 9.66. The lowest BCUT2D eigenvalue weighted by Gasteiger charge is -2.41. The number of fused-ring (bicyclic) bond motifs is 1. The summed E-state index contributed by atoms with van der Waals surface area (Å²) in [5, 5.41) is 4.43. The highest BCUT2D eigenvalue weighted by Gasteiger charge is 2.35. The van der Waals surface area contributed by atoms with E-state index in [-0.39, 0.29) is 5.41 Å². The fourth-order valence-electron chi connectivity index (χ4n) is 3.09. The van der Waals surface area contributed by atoms with Gasteiger partial charge in [-0.15, -0.1) is 0 Å². The summed E-state index contributed by atoms with van der Waals surface area (Å²) in [6.45, 7) is 4.67. The van der Waals surface area contributed by atoms with E-state index < -0.39 is 0 Å². The Morgan fingerprint density at radius 3 is 2.71 bits per heavy atom. The molecule has 0 saturated heterocycles. The first-order chi connectivity index (χ1) is 9.97. The van der Waals surface area contributed by atoms with Crippen LogP contribution in [-0.4, -0.2) is 0 Å². The Labute approximate surface area is 139 Å². The van der Waals surface area contributed by atoms with Crippen molar-refractivity contribution in [3.8, 4) is 0 Å². The SMILES string of the molecule is CC1(C)CCc2ccccc2C1Nc1ccc(Br)c(Cl)c1. The van der Waals surface area contributed by atoms with Crippen molar-refractivity contribution >= 4 is 33.2 Å². The molecule has 2 aromatic rings. The molecule has 2 aromatic carbocycles. The molecule has 1 aliphatic carbocycles. The number of hydrogen-bond donors (Lipinski definition) is 1. The van der Waals surface area contributed by atoms with Gasteiger partial charge in [0.2, 0.25) is 0 Å². The number of halogens is 2. The van der Waals surface area contributed by atoms with Crippen molar-refractivity contribution in [2.75, 3.05) is 5.32 Å². The van der Waals surface area contributed by atoms with Crippen LogP contribution in [0.15, 0.2) is 46.9 Å². The van der Waals surface area contributed by atoms with Crippen molar-refractivity contribution in [2.24, 2.45) is 5.41 Å². The summed E-state index contributed by atoms with van der Waals surface area (Å²) in [5.74, 6) is 0. The second-order valence-corrected chi connectivity index (χ2v) is 7.66. The Balaban J connectivity index is 1.97. The highest BCUT2D eigenvalue weighted by atomic mass is 79.9. The van der Waals surface area contributed by atoms with Crippen LogP contribution in [0.3, 0.4) is 0 Å². The van der Waals surface area contributed by atoms with E-state index in [4.69, 9.17) is 11.6 Å². The third-order valence-electron chi connectivity index (χ3n) is 4.42. The lowest BCUT2D eigenvalue weighted by Crippen LogP contribution is -2.33. The quantitative estimate of drug-likeness (QED) is 0.666. The van der Waals surface area contributed by atoms with E-state index in [0.29, 0.717) is 6.04 Å². The zero-order valence-electron chi connectivity index (χ0n) is 12.3. The van der Waals surface area contributed by atoms with E-state index in [1.807, 2.05) is 12.1 Å². The molecule has 21 heavy (non-hydrogen) atoms. The van der Waals surface area contributed by atoms with Crippen molar-refractivity contribution in [1.29, 1.82) is 0 Å². The predicted octanol–water partition coefficient (Wildman–Crippen LogP) is 6.23. The van der Waals surface area contributed by atoms with E-state index in [1.165, 1.54) is 17.5 Å². The Hall–Kier alpha value is -0.990. The summed E-state index contributed by atoms with van der Waals surface area (Å²) < 4.78 is 0.929. The predicted molar refractivity (Wildman–Crippen MR) is 94.1 cm³/mol. The molecule has 0 heterocycles. The number of hydrogen-bond acceptors (Lipinski definition) is 1. The lowest BCUT2D eigenvalue weighted by molar-refractivity contribution is 0.265. The first kappa shape index (κ1) is 14.9. The molecule has 1 N–H and O–H groups in total. The largest absolute Gasteiger partial charge is 0.378 e. The van der Waals surface area contributed by atoms with Crippen molar-refractivity contribution in [3.63, 3.8) is 0 Å². The molecule has 1 atom stereocenters. The average Bonchev–Trinajstić information content (AvgIpc) is 2.46. The molecule has 1 nitrogen and oxygen atoms in total. The molecule has 0 aliphatic heterocycles. The summed E-state index contributed by atoms with van der Waals surface area (Å²) in [5.41, 5.74) is 4.15. The van der Waals surface area contributed by atoms with E-state index in [0.717, 1.165) is 21.6 Å². The molecular weight excluding hydrogens is 346 g/mol. The normalized spacial score (nSPS) is 19.9. The monoisotopic (exact) mass is 363 g/mol. The standard InChI is InChI=1S/C18H19BrClN/c1-18(2)10-9-12-5-3-4-6-14(12)17(18)21-13-7-8-15(19)16(20)11-13/h3-8,11,17,21H,9-10H2,1-2H3. The van der Waals surface area contributed by atoms with Gasteiger partial charge in [-0.05, 0) is 63.5 Å².